The summed E-state index contributed by atoms with van der Waals surface area (Å²) < 4.78 is 8.12. The highest BCUT2D eigenvalue weighted by Gasteiger charge is 2.23. The molecular formula is C14H19N3O. The Morgan fingerprint density at radius 1 is 1.39 bits per heavy atom. The molecule has 1 aromatic heterocycles. The second kappa shape index (κ2) is 4.71. The Balaban J connectivity index is 2.11. The van der Waals surface area contributed by atoms with Gasteiger partial charge in [-0.25, -0.2) is 4.98 Å². The number of morpholine rings is 1. The molecule has 0 radical (unpaired) electrons. The van der Waals surface area contributed by atoms with Crippen LogP contribution in [0.2, 0.25) is 0 Å². The second-order valence-corrected chi connectivity index (χ2v) is 4.99. The van der Waals surface area contributed by atoms with Crippen molar-refractivity contribution in [2.45, 2.75) is 26.0 Å². The molecule has 4 heteroatoms. The van der Waals surface area contributed by atoms with Crippen molar-refractivity contribution in [1.29, 1.82) is 0 Å². The molecule has 1 unspecified atom stereocenters. The number of hydrogen-bond acceptors (Lipinski definition) is 3. The van der Waals surface area contributed by atoms with Crippen LogP contribution in [-0.2, 0) is 4.74 Å². The van der Waals surface area contributed by atoms with Crippen molar-refractivity contribution in [3.8, 4) is 0 Å². The number of nitrogens with zero attached hydrogens (tertiary/aromatic N) is 2. The van der Waals surface area contributed by atoms with Gasteiger partial charge in [-0.2, -0.15) is 0 Å². The lowest BCUT2D eigenvalue weighted by atomic mass is 10.2. The van der Waals surface area contributed by atoms with Crippen LogP contribution in [0.25, 0.3) is 11.0 Å². The van der Waals surface area contributed by atoms with Gasteiger partial charge in [0.15, 0.2) is 0 Å². The minimum Gasteiger partial charge on any atom is -0.368 e. The van der Waals surface area contributed by atoms with Crippen LogP contribution in [-0.4, -0.2) is 29.2 Å². The van der Waals surface area contributed by atoms with E-state index >= 15 is 0 Å². The molecule has 1 aromatic carbocycles. The van der Waals surface area contributed by atoms with Crippen LogP contribution in [0.5, 0.6) is 0 Å². The average molecular weight is 245 g/mol. The summed E-state index contributed by atoms with van der Waals surface area (Å²) in [4.78, 5) is 4.76. The van der Waals surface area contributed by atoms with E-state index < -0.39 is 0 Å². The molecular weight excluding hydrogens is 226 g/mol. The average Bonchev–Trinajstić information content (AvgIpc) is 2.79. The van der Waals surface area contributed by atoms with Gasteiger partial charge in [0.05, 0.1) is 17.6 Å². The first kappa shape index (κ1) is 11.7. The van der Waals surface area contributed by atoms with Gasteiger partial charge in [-0.1, -0.05) is 12.1 Å². The summed E-state index contributed by atoms with van der Waals surface area (Å²) in [6.45, 7) is 6.90. The summed E-state index contributed by atoms with van der Waals surface area (Å²) in [5.74, 6) is 1.04. The summed E-state index contributed by atoms with van der Waals surface area (Å²) in [6.07, 6.45) is 0.0635. The Morgan fingerprint density at radius 3 is 2.94 bits per heavy atom. The van der Waals surface area contributed by atoms with E-state index in [2.05, 4.69) is 41.9 Å². The molecule has 3 rings (SSSR count). The Morgan fingerprint density at radius 2 is 2.22 bits per heavy atom. The lowest BCUT2D eigenvalue weighted by Gasteiger charge is -2.25. The van der Waals surface area contributed by atoms with Crippen molar-refractivity contribution >= 4 is 11.0 Å². The Bertz CT molecular complexity index is 541. The van der Waals surface area contributed by atoms with E-state index in [1.165, 1.54) is 5.52 Å². The van der Waals surface area contributed by atoms with Crippen LogP contribution in [0, 0.1) is 0 Å². The molecule has 0 aliphatic carbocycles. The second-order valence-electron chi connectivity index (χ2n) is 4.99. The number of nitrogens with one attached hydrogen (secondary N) is 1. The van der Waals surface area contributed by atoms with Crippen molar-refractivity contribution in [3.63, 3.8) is 0 Å². The van der Waals surface area contributed by atoms with E-state index in [1.54, 1.807) is 0 Å². The molecule has 96 valence electrons. The fourth-order valence-electron chi connectivity index (χ4n) is 2.56. The fourth-order valence-corrected chi connectivity index (χ4v) is 2.56. The summed E-state index contributed by atoms with van der Waals surface area (Å²) in [5, 5.41) is 3.37. The van der Waals surface area contributed by atoms with E-state index in [9.17, 15) is 0 Å². The number of para-hydroxylation sites is 2. The lowest BCUT2D eigenvalue weighted by molar-refractivity contribution is 0.0197. The van der Waals surface area contributed by atoms with Gasteiger partial charge in [0.25, 0.3) is 0 Å². The molecule has 1 saturated heterocycles. The van der Waals surface area contributed by atoms with E-state index in [4.69, 9.17) is 9.72 Å². The first-order chi connectivity index (χ1) is 8.77. The van der Waals surface area contributed by atoms with Gasteiger partial charge in [0, 0.05) is 19.1 Å². The van der Waals surface area contributed by atoms with Crippen LogP contribution in [0.4, 0.5) is 0 Å². The molecule has 1 aliphatic rings. The van der Waals surface area contributed by atoms with Crippen LogP contribution >= 0.6 is 0 Å². The third-order valence-corrected chi connectivity index (χ3v) is 3.36. The molecule has 0 spiro atoms. The minimum atomic E-state index is 0.0635. The quantitative estimate of drug-likeness (QED) is 0.882. The van der Waals surface area contributed by atoms with Gasteiger partial charge < -0.3 is 14.6 Å². The van der Waals surface area contributed by atoms with Crippen LogP contribution in [0.3, 0.4) is 0 Å². The molecule has 2 aromatic rings. The molecule has 0 saturated carbocycles. The van der Waals surface area contributed by atoms with Gasteiger partial charge in [-0.05, 0) is 26.0 Å². The number of imidazole rings is 1. The molecule has 18 heavy (non-hydrogen) atoms. The van der Waals surface area contributed by atoms with Gasteiger partial charge in [-0.15, -0.1) is 0 Å². The lowest BCUT2D eigenvalue weighted by Crippen LogP contribution is -2.34. The smallest absolute Gasteiger partial charge is 0.140 e. The number of rotatable bonds is 2. The maximum atomic E-state index is 5.84. The third kappa shape index (κ3) is 1.91. The first-order valence-corrected chi connectivity index (χ1v) is 6.56. The Hall–Kier alpha value is -1.39. The number of ether oxygens (including phenoxy) is 1. The highest BCUT2D eigenvalue weighted by atomic mass is 16.5. The third-order valence-electron chi connectivity index (χ3n) is 3.36. The maximum absolute atomic E-state index is 5.84. The number of aromatic nitrogens is 2. The first-order valence-electron chi connectivity index (χ1n) is 6.56. The van der Waals surface area contributed by atoms with Crippen molar-refractivity contribution in [2.75, 3.05) is 19.7 Å². The molecule has 1 aliphatic heterocycles. The Kier molecular flexibility index (Phi) is 3.06. The summed E-state index contributed by atoms with van der Waals surface area (Å²) in [5.41, 5.74) is 2.24. The summed E-state index contributed by atoms with van der Waals surface area (Å²) >= 11 is 0. The molecule has 2 heterocycles. The standard InChI is InChI=1S/C14H19N3O/c1-10(2)17-12-6-4-3-5-11(12)16-14(17)13-9-15-7-8-18-13/h3-6,10,13,15H,7-9H2,1-2H3. The highest BCUT2D eigenvalue weighted by Crippen LogP contribution is 2.27. The van der Waals surface area contributed by atoms with E-state index in [-0.39, 0.29) is 6.10 Å². The van der Waals surface area contributed by atoms with Gasteiger partial charge >= 0.3 is 0 Å². The van der Waals surface area contributed by atoms with Crippen LogP contribution in [0.15, 0.2) is 24.3 Å². The summed E-state index contributed by atoms with van der Waals surface area (Å²) in [6, 6.07) is 8.67. The molecule has 1 atom stereocenters. The van der Waals surface area contributed by atoms with Crippen molar-refractivity contribution in [1.82, 2.24) is 14.9 Å². The monoisotopic (exact) mass is 245 g/mol. The van der Waals surface area contributed by atoms with Gasteiger partial charge in [0.2, 0.25) is 0 Å². The highest BCUT2D eigenvalue weighted by molar-refractivity contribution is 5.76. The normalized spacial score (nSPS) is 20.7. The molecule has 1 fully saturated rings. The van der Waals surface area contributed by atoms with E-state index in [0.29, 0.717) is 6.04 Å². The van der Waals surface area contributed by atoms with Crippen molar-refractivity contribution in [3.05, 3.63) is 30.1 Å². The number of fused-ring (bicyclic) bond motifs is 1. The maximum Gasteiger partial charge on any atom is 0.140 e. The van der Waals surface area contributed by atoms with Crippen molar-refractivity contribution < 1.29 is 4.74 Å². The largest absolute Gasteiger partial charge is 0.368 e. The SMILES string of the molecule is CC(C)n1c(C2CNCCO2)nc2ccccc21. The molecule has 1 N–H and O–H groups in total. The molecule has 0 bridgehead atoms. The fraction of sp³-hybridized carbons (Fsp3) is 0.500. The van der Waals surface area contributed by atoms with Gasteiger partial charge in [0.1, 0.15) is 11.9 Å². The van der Waals surface area contributed by atoms with Crippen LogP contribution in [0.1, 0.15) is 31.8 Å². The predicted octanol–water partition coefficient (Wildman–Crippen LogP) is 2.28. The number of hydrogen-bond donors (Lipinski definition) is 1. The predicted molar refractivity (Wildman–Crippen MR) is 71.7 cm³/mol. The van der Waals surface area contributed by atoms with Crippen LogP contribution < -0.4 is 5.32 Å². The number of benzene rings is 1. The van der Waals surface area contributed by atoms with E-state index in [1.807, 2.05) is 6.07 Å². The molecule has 4 nitrogen and oxygen atoms in total. The van der Waals surface area contributed by atoms with Gasteiger partial charge in [-0.3, -0.25) is 0 Å². The zero-order chi connectivity index (χ0) is 12.5. The zero-order valence-corrected chi connectivity index (χ0v) is 10.9. The minimum absolute atomic E-state index is 0.0635. The zero-order valence-electron chi connectivity index (χ0n) is 10.9. The topological polar surface area (TPSA) is 39.1 Å². The Labute approximate surface area is 107 Å². The van der Waals surface area contributed by atoms with E-state index in [0.717, 1.165) is 31.0 Å². The summed E-state index contributed by atoms with van der Waals surface area (Å²) in [7, 11) is 0. The van der Waals surface area contributed by atoms with Crippen molar-refractivity contribution in [2.24, 2.45) is 0 Å². The molecule has 0 amide bonds.